The highest BCUT2D eigenvalue weighted by Crippen LogP contribution is 2.51. The summed E-state index contributed by atoms with van der Waals surface area (Å²) in [6, 6.07) is 121. The number of aryl methyl sites for hydroxylation is 5. The Labute approximate surface area is 670 Å². The molecule has 18 aromatic carbocycles. The Bertz CT molecular complexity index is 7730. The van der Waals surface area contributed by atoms with E-state index in [2.05, 4.69) is 402 Å². The van der Waals surface area contributed by atoms with E-state index >= 15 is 0 Å². The van der Waals surface area contributed by atoms with Crippen LogP contribution < -0.4 is 19.6 Å². The molecule has 0 spiro atoms. The highest BCUT2D eigenvalue weighted by Gasteiger charge is 2.29. The molecule has 116 heavy (non-hydrogen) atoms. The third-order valence-corrected chi connectivity index (χ3v) is 24.6. The number of benzene rings is 18. The van der Waals surface area contributed by atoms with E-state index in [1.54, 1.807) is 0 Å². The van der Waals surface area contributed by atoms with Crippen molar-refractivity contribution >= 4 is 199 Å². The molecule has 0 saturated heterocycles. The van der Waals surface area contributed by atoms with Gasteiger partial charge in [-0.1, -0.05) is 152 Å². The number of para-hydroxylation sites is 5. The second kappa shape index (κ2) is 26.8. The first kappa shape index (κ1) is 68.2. The molecule has 0 saturated carbocycles. The first-order chi connectivity index (χ1) is 56.9. The average Bonchev–Trinajstić information content (AvgIpc) is 1.55. The topological polar surface area (TPSA) is 65.5 Å². The normalized spacial score (nSPS) is 12.0. The van der Waals surface area contributed by atoms with Crippen LogP contribution in [0.15, 0.2) is 351 Å². The van der Waals surface area contributed by atoms with Crippen LogP contribution >= 0.6 is 0 Å². The molecule has 0 bridgehead atoms. The lowest BCUT2D eigenvalue weighted by Crippen LogP contribution is -2.11. The Balaban J connectivity index is 0.671. The molecule has 0 aliphatic rings. The summed E-state index contributed by atoms with van der Waals surface area (Å²) in [4.78, 5) is 9.42. The van der Waals surface area contributed by atoms with Gasteiger partial charge in [0.15, 0.2) is 0 Å². The molecule has 0 radical (unpaired) electrons. The molecule has 0 aliphatic heterocycles. The maximum atomic E-state index is 7.53. The number of nitrogens with zero attached hydrogens (tertiary/aromatic N) is 4. The van der Waals surface area contributed by atoms with Crippen LogP contribution in [-0.2, 0) is 6.42 Å². The quantitative estimate of drug-likeness (QED) is 0.107. The van der Waals surface area contributed by atoms with Gasteiger partial charge in [-0.2, -0.15) is 0 Å². The van der Waals surface area contributed by atoms with Crippen molar-refractivity contribution in [3.8, 4) is 0 Å². The summed E-state index contributed by atoms with van der Waals surface area (Å²) in [7, 11) is 0. The van der Waals surface area contributed by atoms with Gasteiger partial charge in [-0.25, -0.2) is 0 Å². The molecule has 0 aliphatic carbocycles. The Kier molecular flexibility index (Phi) is 15.8. The molecule has 0 N–H and O–H groups in total. The van der Waals surface area contributed by atoms with E-state index in [0.717, 1.165) is 227 Å². The monoisotopic (exact) mass is 1490 g/mol. The number of anilines is 12. The van der Waals surface area contributed by atoms with Gasteiger partial charge in [-0.05, 0) is 318 Å². The van der Waals surface area contributed by atoms with E-state index < -0.39 is 0 Å². The lowest BCUT2D eigenvalue weighted by molar-refractivity contribution is 0.656. The van der Waals surface area contributed by atoms with E-state index in [1.807, 2.05) is 0 Å². The lowest BCUT2D eigenvalue weighted by Gasteiger charge is -2.28. The molecule has 554 valence electrons. The number of fused-ring (bicyclic) bond motifs is 18. The predicted octanol–water partition coefficient (Wildman–Crippen LogP) is 31.5. The van der Waals surface area contributed by atoms with Crippen LogP contribution in [0.3, 0.4) is 0 Å². The van der Waals surface area contributed by atoms with E-state index in [0.29, 0.717) is 6.42 Å². The third kappa shape index (κ3) is 11.0. The van der Waals surface area contributed by atoms with Crippen LogP contribution in [0, 0.1) is 48.5 Å². The second-order valence-electron chi connectivity index (χ2n) is 31.4. The summed E-state index contributed by atoms with van der Waals surface area (Å²) in [5.41, 5.74) is 30.0. The van der Waals surface area contributed by atoms with Crippen molar-refractivity contribution in [3.63, 3.8) is 0 Å². The van der Waals surface area contributed by atoms with E-state index in [-0.39, 0.29) is 0 Å². The van der Waals surface area contributed by atoms with Gasteiger partial charge < -0.3 is 37.3 Å². The molecule has 22 aromatic rings. The van der Waals surface area contributed by atoms with Gasteiger partial charge in [-0.15, -0.1) is 0 Å². The van der Waals surface area contributed by atoms with Crippen molar-refractivity contribution < 1.29 is 17.7 Å². The third-order valence-electron chi connectivity index (χ3n) is 24.6. The standard InChI is InChI=1S/C108H78N4O4/c1-64-26-23-40-95(66(64)3)111(83-35-19-11-20-36-83)88-48-44-74-58-93-99(62-78(74)54-88)115-107-70(7)90(108-104(103(93)107)94-59-75-45-49-89(55-79(75)63-100(94)116-108)112(84-37-21-12-22-38-84)96-41-24-27-65(2)67(96)4)51-71-28-25-39-85(50-71)110(82-33-17-10-18-34-82)87-47-43-73-57-92-98(61-77(73)53-87)114-106-69(6)68(5)105-101(102(92)106)91-56-72-42-46-86(52-76(72)60-97(91)113-105)109(80-29-13-8-14-30-80)81-31-15-9-16-32-81/h8-50,52-63H,51H2,1-7H3. The van der Waals surface area contributed by atoms with E-state index in [1.165, 1.54) is 22.3 Å². The van der Waals surface area contributed by atoms with Gasteiger partial charge in [0.2, 0.25) is 0 Å². The predicted molar refractivity (Wildman–Crippen MR) is 487 cm³/mol. The van der Waals surface area contributed by atoms with Gasteiger partial charge in [0.25, 0.3) is 0 Å². The SMILES string of the molecule is Cc1cccc(N(c2ccccc2)c2ccc3cc4c(cc3c2)oc2c(C)c(Cc3cccc(N(c5ccccc5)c5ccc6cc7c(cc6c5)oc5c(C)c(C)c6oc8cc9cc(N(c%10ccccc%10)c%10ccccc%10)ccc9cc8c6c57)c3)c3oc5cc6cc(N(c7ccccc7)c7cccc(C)c7C)ccc6cc5c3c24)c1C. The summed E-state index contributed by atoms with van der Waals surface area (Å²) >= 11 is 0. The van der Waals surface area contributed by atoms with Crippen molar-refractivity contribution in [3.05, 3.63) is 384 Å². The van der Waals surface area contributed by atoms with Crippen LogP contribution in [-0.4, -0.2) is 0 Å². The number of hydrogen-bond donors (Lipinski definition) is 0. The van der Waals surface area contributed by atoms with Crippen molar-refractivity contribution in [2.75, 3.05) is 19.6 Å². The van der Waals surface area contributed by atoms with Gasteiger partial charge in [0.05, 0.1) is 0 Å². The molecular formula is C108H78N4O4. The molecule has 0 fully saturated rings. The zero-order valence-corrected chi connectivity index (χ0v) is 65.4. The van der Waals surface area contributed by atoms with Crippen LogP contribution in [0.25, 0.3) is 131 Å². The fraction of sp³-hybridized carbons (Fsp3) is 0.0741. The Morgan fingerprint density at radius 3 is 0.853 bits per heavy atom. The molecule has 0 unspecified atom stereocenters. The summed E-state index contributed by atoms with van der Waals surface area (Å²) in [6.07, 6.45) is 0.565. The highest BCUT2D eigenvalue weighted by atomic mass is 16.3. The van der Waals surface area contributed by atoms with E-state index in [4.69, 9.17) is 17.7 Å². The van der Waals surface area contributed by atoms with Crippen LogP contribution in [0.2, 0.25) is 0 Å². The molecular weight excluding hydrogens is 1420 g/mol. The van der Waals surface area contributed by atoms with Gasteiger partial charge in [0.1, 0.15) is 44.7 Å². The summed E-state index contributed by atoms with van der Waals surface area (Å²) in [5.74, 6) is 0. The van der Waals surface area contributed by atoms with Gasteiger partial charge >= 0.3 is 0 Å². The first-order valence-corrected chi connectivity index (χ1v) is 40.0. The van der Waals surface area contributed by atoms with Crippen LogP contribution in [0.1, 0.15) is 50.1 Å². The van der Waals surface area contributed by atoms with E-state index in [9.17, 15) is 0 Å². The highest BCUT2D eigenvalue weighted by molar-refractivity contribution is 6.31. The molecule has 0 amide bonds. The fourth-order valence-corrected chi connectivity index (χ4v) is 18.3. The smallest absolute Gasteiger partial charge is 0.140 e. The van der Waals surface area contributed by atoms with Crippen molar-refractivity contribution in [1.29, 1.82) is 0 Å². The minimum atomic E-state index is 0.565. The lowest BCUT2D eigenvalue weighted by atomic mass is 9.93. The summed E-state index contributed by atoms with van der Waals surface area (Å²) < 4.78 is 29.0. The Morgan fingerprint density at radius 2 is 0.491 bits per heavy atom. The number of rotatable bonds is 14. The second-order valence-corrected chi connectivity index (χ2v) is 31.4. The van der Waals surface area contributed by atoms with Crippen LogP contribution in [0.4, 0.5) is 68.2 Å². The molecule has 4 heterocycles. The number of furan rings is 4. The minimum absolute atomic E-state index is 0.565. The zero-order chi connectivity index (χ0) is 77.7. The summed E-state index contributed by atoms with van der Waals surface area (Å²) in [5, 5.41) is 17.3. The molecule has 22 rings (SSSR count). The van der Waals surface area contributed by atoms with Gasteiger partial charge in [0, 0.05) is 123 Å². The Morgan fingerprint density at radius 1 is 0.207 bits per heavy atom. The van der Waals surface area contributed by atoms with Crippen molar-refractivity contribution in [1.82, 2.24) is 0 Å². The molecule has 8 heteroatoms. The fourth-order valence-electron chi connectivity index (χ4n) is 18.3. The molecule has 4 aromatic heterocycles. The first-order valence-electron chi connectivity index (χ1n) is 40.0. The van der Waals surface area contributed by atoms with Crippen molar-refractivity contribution in [2.45, 2.75) is 54.9 Å². The molecule has 0 atom stereocenters. The van der Waals surface area contributed by atoms with Crippen molar-refractivity contribution in [2.24, 2.45) is 0 Å². The maximum Gasteiger partial charge on any atom is 0.140 e. The van der Waals surface area contributed by atoms with Gasteiger partial charge in [-0.3, -0.25) is 0 Å². The van der Waals surface area contributed by atoms with Crippen LogP contribution in [0.5, 0.6) is 0 Å². The molecule has 8 nitrogen and oxygen atoms in total. The Hall–Kier alpha value is -14.6. The zero-order valence-electron chi connectivity index (χ0n) is 65.4. The number of hydrogen-bond acceptors (Lipinski definition) is 8. The minimum Gasteiger partial charge on any atom is -0.456 e. The largest absolute Gasteiger partial charge is 0.456 e. The maximum absolute atomic E-state index is 7.53. The summed E-state index contributed by atoms with van der Waals surface area (Å²) in [6.45, 7) is 15.4. The average molecular weight is 1500 g/mol.